The average molecular weight is 288 g/mol. The molecule has 20 heavy (non-hydrogen) atoms. The Kier molecular flexibility index (Phi) is 5.32. The maximum atomic E-state index is 4.80. The molecule has 0 saturated carbocycles. The number of hydrogen-bond acceptors (Lipinski definition) is 3. The zero-order valence-electron chi connectivity index (χ0n) is 12.9. The molecule has 0 bridgehead atoms. The van der Waals surface area contributed by atoms with Gasteiger partial charge in [-0.3, -0.25) is 0 Å². The van der Waals surface area contributed by atoms with Gasteiger partial charge in [0.25, 0.3) is 0 Å². The van der Waals surface area contributed by atoms with Gasteiger partial charge >= 0.3 is 0 Å². The minimum Gasteiger partial charge on any atom is -0.309 e. The topological polar surface area (TPSA) is 24.9 Å². The zero-order valence-corrected chi connectivity index (χ0v) is 13.7. The molecular formula is C17H24N2S. The van der Waals surface area contributed by atoms with E-state index >= 15 is 0 Å². The molecule has 0 radical (unpaired) electrons. The van der Waals surface area contributed by atoms with Gasteiger partial charge < -0.3 is 5.32 Å². The van der Waals surface area contributed by atoms with Crippen molar-refractivity contribution >= 4 is 11.3 Å². The van der Waals surface area contributed by atoms with Crippen molar-refractivity contribution < 1.29 is 0 Å². The summed E-state index contributed by atoms with van der Waals surface area (Å²) in [6.45, 7) is 9.80. The quantitative estimate of drug-likeness (QED) is 0.830. The summed E-state index contributed by atoms with van der Waals surface area (Å²) in [6, 6.07) is 8.98. The summed E-state index contributed by atoms with van der Waals surface area (Å²) in [5.41, 5.74) is 3.83. The lowest BCUT2D eigenvalue weighted by molar-refractivity contribution is 0.575. The minimum absolute atomic E-state index is 0.384. The van der Waals surface area contributed by atoms with Crippen molar-refractivity contribution in [3.63, 3.8) is 0 Å². The molecule has 0 fully saturated rings. The third-order valence-electron chi connectivity index (χ3n) is 3.55. The molecule has 0 saturated heterocycles. The van der Waals surface area contributed by atoms with E-state index in [0.29, 0.717) is 6.04 Å². The molecule has 1 heterocycles. The van der Waals surface area contributed by atoms with Crippen molar-refractivity contribution in [2.45, 2.75) is 46.6 Å². The number of nitrogens with zero attached hydrogens (tertiary/aromatic N) is 1. The van der Waals surface area contributed by atoms with E-state index in [1.54, 1.807) is 0 Å². The third kappa shape index (κ3) is 3.28. The molecule has 1 unspecified atom stereocenters. The normalized spacial score (nSPS) is 12.6. The van der Waals surface area contributed by atoms with Crippen molar-refractivity contribution in [3.8, 4) is 10.6 Å². The third-order valence-corrected chi connectivity index (χ3v) is 4.93. The van der Waals surface area contributed by atoms with E-state index in [-0.39, 0.29) is 0 Å². The lowest BCUT2D eigenvalue weighted by Gasteiger charge is -2.11. The number of rotatable bonds is 6. The van der Waals surface area contributed by atoms with Gasteiger partial charge in [-0.05, 0) is 38.8 Å². The van der Waals surface area contributed by atoms with Crippen molar-refractivity contribution in [1.29, 1.82) is 0 Å². The fourth-order valence-electron chi connectivity index (χ4n) is 2.42. The Morgan fingerprint density at radius 2 is 2.00 bits per heavy atom. The van der Waals surface area contributed by atoms with Crippen LogP contribution in [-0.4, -0.2) is 11.5 Å². The van der Waals surface area contributed by atoms with E-state index in [9.17, 15) is 0 Å². The molecule has 0 aliphatic carbocycles. The second-order valence-corrected chi connectivity index (χ2v) is 6.19. The molecule has 0 aliphatic heterocycles. The molecule has 1 N–H and O–H groups in total. The number of benzene rings is 1. The predicted octanol–water partition coefficient (Wildman–Crippen LogP) is 4.74. The summed E-state index contributed by atoms with van der Waals surface area (Å²) < 4.78 is 0. The zero-order chi connectivity index (χ0) is 14.5. The maximum absolute atomic E-state index is 4.80. The Labute approximate surface area is 126 Å². The van der Waals surface area contributed by atoms with Crippen LogP contribution in [0.4, 0.5) is 0 Å². The van der Waals surface area contributed by atoms with Crippen LogP contribution in [-0.2, 0) is 6.42 Å². The molecule has 0 aliphatic rings. The Morgan fingerprint density at radius 3 is 2.70 bits per heavy atom. The van der Waals surface area contributed by atoms with Crippen molar-refractivity contribution in [2.24, 2.45) is 0 Å². The van der Waals surface area contributed by atoms with E-state index in [1.807, 2.05) is 11.3 Å². The highest BCUT2D eigenvalue weighted by atomic mass is 32.1. The molecule has 2 rings (SSSR count). The Balaban J connectivity index is 2.31. The fourth-order valence-corrected chi connectivity index (χ4v) is 3.57. The number of aryl methyl sites for hydroxylation is 2. The summed E-state index contributed by atoms with van der Waals surface area (Å²) in [4.78, 5) is 6.16. The van der Waals surface area contributed by atoms with Gasteiger partial charge in [0.2, 0.25) is 0 Å². The largest absolute Gasteiger partial charge is 0.309 e. The van der Waals surface area contributed by atoms with Gasteiger partial charge in [-0.1, -0.05) is 38.1 Å². The summed E-state index contributed by atoms with van der Waals surface area (Å²) in [7, 11) is 0. The highest BCUT2D eigenvalue weighted by Gasteiger charge is 2.15. The van der Waals surface area contributed by atoms with Crippen LogP contribution in [0, 0.1) is 6.92 Å². The molecule has 108 valence electrons. The van der Waals surface area contributed by atoms with Gasteiger partial charge in [0.1, 0.15) is 5.01 Å². The monoisotopic (exact) mass is 288 g/mol. The second kappa shape index (κ2) is 7.00. The highest BCUT2D eigenvalue weighted by molar-refractivity contribution is 7.15. The molecule has 3 heteroatoms. The SMILES string of the molecule is CCCNC(C)c1sc(-c2ccccc2CC)nc1C. The highest BCUT2D eigenvalue weighted by Crippen LogP contribution is 2.33. The van der Waals surface area contributed by atoms with Crippen LogP contribution in [0.25, 0.3) is 10.6 Å². The standard InChI is InChI=1S/C17H24N2S/c1-5-11-18-12(3)16-13(4)19-17(20-16)15-10-8-7-9-14(15)6-2/h7-10,12,18H,5-6,11H2,1-4H3. The molecular weight excluding hydrogens is 264 g/mol. The summed E-state index contributed by atoms with van der Waals surface area (Å²) in [6.07, 6.45) is 2.21. The van der Waals surface area contributed by atoms with Gasteiger partial charge in [0, 0.05) is 16.5 Å². The number of hydrogen-bond donors (Lipinski definition) is 1. The molecule has 1 atom stereocenters. The van der Waals surface area contributed by atoms with E-state index in [2.05, 4.69) is 57.3 Å². The molecule has 0 amide bonds. The smallest absolute Gasteiger partial charge is 0.124 e. The predicted molar refractivity (Wildman–Crippen MR) is 88.4 cm³/mol. The van der Waals surface area contributed by atoms with Crippen LogP contribution in [0.2, 0.25) is 0 Å². The average Bonchev–Trinajstić information content (AvgIpc) is 2.86. The minimum atomic E-state index is 0.384. The van der Waals surface area contributed by atoms with Crippen molar-refractivity contribution in [3.05, 3.63) is 40.4 Å². The van der Waals surface area contributed by atoms with Crippen molar-refractivity contribution in [2.75, 3.05) is 6.54 Å². The van der Waals surface area contributed by atoms with Crippen LogP contribution >= 0.6 is 11.3 Å². The number of aromatic nitrogens is 1. The van der Waals surface area contributed by atoms with Gasteiger partial charge in [0.05, 0.1) is 5.69 Å². The molecule has 2 nitrogen and oxygen atoms in total. The lowest BCUT2D eigenvalue weighted by Crippen LogP contribution is -2.18. The van der Waals surface area contributed by atoms with Crippen LogP contribution in [0.3, 0.4) is 0 Å². The van der Waals surface area contributed by atoms with Crippen molar-refractivity contribution in [1.82, 2.24) is 10.3 Å². The Hall–Kier alpha value is -1.19. The lowest BCUT2D eigenvalue weighted by atomic mass is 10.1. The van der Waals surface area contributed by atoms with Crippen LogP contribution < -0.4 is 5.32 Å². The van der Waals surface area contributed by atoms with Gasteiger partial charge in [-0.2, -0.15) is 0 Å². The first-order valence-corrected chi connectivity index (χ1v) is 8.28. The Bertz CT molecular complexity index is 560. The van der Waals surface area contributed by atoms with E-state index in [1.165, 1.54) is 16.0 Å². The first kappa shape index (κ1) is 15.2. The van der Waals surface area contributed by atoms with Crippen LogP contribution in [0.5, 0.6) is 0 Å². The van der Waals surface area contributed by atoms with Crippen LogP contribution in [0.15, 0.2) is 24.3 Å². The van der Waals surface area contributed by atoms with E-state index in [4.69, 9.17) is 4.98 Å². The number of thiazole rings is 1. The molecule has 1 aromatic heterocycles. The molecule has 2 aromatic rings. The summed E-state index contributed by atoms with van der Waals surface area (Å²) in [5, 5.41) is 4.71. The van der Waals surface area contributed by atoms with E-state index < -0.39 is 0 Å². The van der Waals surface area contributed by atoms with E-state index in [0.717, 1.165) is 30.1 Å². The van der Waals surface area contributed by atoms with Gasteiger partial charge in [0.15, 0.2) is 0 Å². The maximum Gasteiger partial charge on any atom is 0.124 e. The van der Waals surface area contributed by atoms with Crippen LogP contribution in [0.1, 0.15) is 49.4 Å². The van der Waals surface area contributed by atoms with Gasteiger partial charge in [-0.25, -0.2) is 4.98 Å². The summed E-state index contributed by atoms with van der Waals surface area (Å²) >= 11 is 1.83. The first-order valence-electron chi connectivity index (χ1n) is 7.46. The first-order chi connectivity index (χ1) is 9.67. The van der Waals surface area contributed by atoms with Gasteiger partial charge in [-0.15, -0.1) is 11.3 Å². The molecule has 0 spiro atoms. The second-order valence-electron chi connectivity index (χ2n) is 5.16. The number of nitrogens with one attached hydrogen (secondary N) is 1. The fraction of sp³-hybridized carbons (Fsp3) is 0.471. The molecule has 1 aromatic carbocycles. The Morgan fingerprint density at radius 1 is 1.25 bits per heavy atom. The summed E-state index contributed by atoms with van der Waals surface area (Å²) in [5.74, 6) is 0.